The molecule has 0 fully saturated rings. The second-order valence-electron chi connectivity index (χ2n) is 2.93. The molecule has 4 nitrogen and oxygen atoms in total. The summed E-state index contributed by atoms with van der Waals surface area (Å²) in [6, 6.07) is 0. The topological polar surface area (TPSA) is 73.1 Å². The summed E-state index contributed by atoms with van der Waals surface area (Å²) in [5, 5.41) is 0.250. The number of nitrogens with two attached hydrogens (primary N) is 1. The van der Waals surface area contributed by atoms with E-state index in [1.807, 2.05) is 0 Å². The number of amides is 1. The molecule has 0 atom stereocenters. The Morgan fingerprint density at radius 3 is 2.85 bits per heavy atom. The Morgan fingerprint density at radius 1 is 1.46 bits per heavy atom. The van der Waals surface area contributed by atoms with Crippen LogP contribution in [0.1, 0.15) is 38.0 Å². The van der Waals surface area contributed by atoms with Crippen LogP contribution >= 0.6 is 11.3 Å². The molecule has 68 valence electrons. The monoisotopic (exact) mass is 196 g/mol. The molecule has 0 bridgehead atoms. The number of Topliss-reactive ketones (excluding diaryl/α,β-unsaturated/α-hetero) is 1. The van der Waals surface area contributed by atoms with Gasteiger partial charge in [-0.2, -0.15) is 0 Å². The molecule has 2 rings (SSSR count). The maximum atomic E-state index is 11.3. The van der Waals surface area contributed by atoms with Crippen LogP contribution in [0.5, 0.6) is 0 Å². The Kier molecular flexibility index (Phi) is 1.88. The molecule has 0 aliphatic heterocycles. The zero-order chi connectivity index (χ0) is 9.42. The highest BCUT2D eigenvalue weighted by molar-refractivity contribution is 7.13. The van der Waals surface area contributed by atoms with E-state index in [0.29, 0.717) is 12.1 Å². The largest absolute Gasteiger partial charge is 0.364 e. The van der Waals surface area contributed by atoms with Gasteiger partial charge in [0.15, 0.2) is 10.8 Å². The van der Waals surface area contributed by atoms with Gasteiger partial charge in [0.25, 0.3) is 5.91 Å². The van der Waals surface area contributed by atoms with E-state index >= 15 is 0 Å². The Bertz CT molecular complexity index is 383. The molecular formula is C8H8N2O2S. The summed E-state index contributed by atoms with van der Waals surface area (Å²) >= 11 is 1.24. The van der Waals surface area contributed by atoms with E-state index in [4.69, 9.17) is 5.73 Å². The molecule has 1 aromatic heterocycles. The minimum absolute atomic E-state index is 0.0324. The minimum Gasteiger partial charge on any atom is -0.364 e. The molecule has 0 aromatic carbocycles. The summed E-state index contributed by atoms with van der Waals surface area (Å²) in [6.45, 7) is 0. The molecule has 0 saturated heterocycles. The van der Waals surface area contributed by atoms with Gasteiger partial charge < -0.3 is 5.73 Å². The summed E-state index contributed by atoms with van der Waals surface area (Å²) in [6.07, 6.45) is 2.23. The van der Waals surface area contributed by atoms with Gasteiger partial charge in [-0.25, -0.2) is 4.98 Å². The smallest absolute Gasteiger partial charge is 0.277 e. The summed E-state index contributed by atoms with van der Waals surface area (Å²) in [4.78, 5) is 26.9. The van der Waals surface area contributed by atoms with E-state index in [1.54, 1.807) is 0 Å². The van der Waals surface area contributed by atoms with Gasteiger partial charge in [-0.15, -0.1) is 11.3 Å². The second-order valence-corrected chi connectivity index (χ2v) is 4.02. The van der Waals surface area contributed by atoms with Crippen LogP contribution in [-0.2, 0) is 6.42 Å². The highest BCUT2D eigenvalue weighted by atomic mass is 32.1. The van der Waals surface area contributed by atoms with Gasteiger partial charge >= 0.3 is 0 Å². The van der Waals surface area contributed by atoms with E-state index in [0.717, 1.165) is 17.7 Å². The number of carbonyl (C=O) groups excluding carboxylic acids is 2. The van der Waals surface area contributed by atoms with Crippen molar-refractivity contribution in [3.63, 3.8) is 0 Å². The Morgan fingerprint density at radius 2 is 2.23 bits per heavy atom. The van der Waals surface area contributed by atoms with Crippen LogP contribution in [0.25, 0.3) is 0 Å². The van der Waals surface area contributed by atoms with Crippen molar-refractivity contribution in [2.24, 2.45) is 5.73 Å². The molecule has 1 aliphatic rings. The number of aryl methyl sites for hydroxylation is 1. The molecule has 0 unspecified atom stereocenters. The SMILES string of the molecule is NC(=O)c1nc2c(s1)CCCC2=O. The molecule has 2 N–H and O–H groups in total. The van der Waals surface area contributed by atoms with Crippen LogP contribution in [0, 0.1) is 0 Å². The number of carbonyl (C=O) groups is 2. The van der Waals surface area contributed by atoms with Gasteiger partial charge in [0.1, 0.15) is 5.69 Å². The van der Waals surface area contributed by atoms with Crippen molar-refractivity contribution in [3.05, 3.63) is 15.6 Å². The lowest BCUT2D eigenvalue weighted by atomic mass is 10.0. The lowest BCUT2D eigenvalue weighted by molar-refractivity contribution is 0.0968. The van der Waals surface area contributed by atoms with Crippen LogP contribution in [-0.4, -0.2) is 16.7 Å². The summed E-state index contributed by atoms with van der Waals surface area (Å²) in [5.41, 5.74) is 5.53. The lowest BCUT2D eigenvalue weighted by Crippen LogP contribution is -2.12. The zero-order valence-corrected chi connectivity index (χ0v) is 7.69. The highest BCUT2D eigenvalue weighted by Crippen LogP contribution is 2.26. The predicted molar refractivity (Wildman–Crippen MR) is 47.9 cm³/mol. The zero-order valence-electron chi connectivity index (χ0n) is 6.87. The van der Waals surface area contributed by atoms with Crippen molar-refractivity contribution in [3.8, 4) is 0 Å². The quantitative estimate of drug-likeness (QED) is 0.720. The molecule has 5 heteroatoms. The number of hydrogen-bond acceptors (Lipinski definition) is 4. The van der Waals surface area contributed by atoms with Crippen molar-refractivity contribution in [1.29, 1.82) is 0 Å². The number of rotatable bonds is 1. The number of nitrogens with zero attached hydrogens (tertiary/aromatic N) is 1. The van der Waals surface area contributed by atoms with Crippen molar-refractivity contribution < 1.29 is 9.59 Å². The van der Waals surface area contributed by atoms with Crippen molar-refractivity contribution in [2.75, 3.05) is 0 Å². The van der Waals surface area contributed by atoms with E-state index in [-0.39, 0.29) is 10.8 Å². The Hall–Kier alpha value is -1.23. The van der Waals surface area contributed by atoms with E-state index < -0.39 is 5.91 Å². The average Bonchev–Trinajstić information content (AvgIpc) is 2.49. The number of primary amides is 1. The van der Waals surface area contributed by atoms with Gasteiger partial charge in [0, 0.05) is 11.3 Å². The molecule has 1 aliphatic carbocycles. The molecular weight excluding hydrogens is 188 g/mol. The average molecular weight is 196 g/mol. The second kappa shape index (κ2) is 2.92. The molecule has 1 heterocycles. The van der Waals surface area contributed by atoms with Crippen LogP contribution < -0.4 is 5.73 Å². The third-order valence-corrected chi connectivity index (χ3v) is 3.11. The van der Waals surface area contributed by atoms with Gasteiger partial charge in [-0.05, 0) is 12.8 Å². The first kappa shape index (κ1) is 8.37. The minimum atomic E-state index is -0.549. The maximum Gasteiger partial charge on any atom is 0.277 e. The first-order chi connectivity index (χ1) is 6.18. The fourth-order valence-corrected chi connectivity index (χ4v) is 2.35. The predicted octanol–water partition coefficient (Wildman–Crippen LogP) is 0.761. The number of aromatic nitrogens is 1. The van der Waals surface area contributed by atoms with E-state index in [9.17, 15) is 9.59 Å². The van der Waals surface area contributed by atoms with E-state index in [2.05, 4.69) is 4.98 Å². The van der Waals surface area contributed by atoms with Crippen molar-refractivity contribution >= 4 is 23.0 Å². The fourth-order valence-electron chi connectivity index (χ4n) is 1.37. The van der Waals surface area contributed by atoms with Crippen molar-refractivity contribution in [1.82, 2.24) is 4.98 Å². The number of hydrogen-bond donors (Lipinski definition) is 1. The Labute approximate surface area is 78.8 Å². The van der Waals surface area contributed by atoms with Crippen LogP contribution in [0.15, 0.2) is 0 Å². The molecule has 0 radical (unpaired) electrons. The highest BCUT2D eigenvalue weighted by Gasteiger charge is 2.23. The van der Waals surface area contributed by atoms with Gasteiger partial charge in [0.2, 0.25) is 0 Å². The summed E-state index contributed by atoms with van der Waals surface area (Å²) in [7, 11) is 0. The third kappa shape index (κ3) is 1.35. The molecule has 1 aromatic rings. The molecule has 0 saturated carbocycles. The van der Waals surface area contributed by atoms with Crippen LogP contribution in [0.4, 0.5) is 0 Å². The van der Waals surface area contributed by atoms with Crippen molar-refractivity contribution in [2.45, 2.75) is 19.3 Å². The van der Waals surface area contributed by atoms with Gasteiger partial charge in [-0.3, -0.25) is 9.59 Å². The van der Waals surface area contributed by atoms with E-state index in [1.165, 1.54) is 11.3 Å². The van der Waals surface area contributed by atoms with Crippen LogP contribution in [0.2, 0.25) is 0 Å². The van der Waals surface area contributed by atoms with Gasteiger partial charge in [0.05, 0.1) is 0 Å². The number of thiazole rings is 1. The maximum absolute atomic E-state index is 11.3. The molecule has 13 heavy (non-hydrogen) atoms. The van der Waals surface area contributed by atoms with Gasteiger partial charge in [-0.1, -0.05) is 0 Å². The Balaban J connectivity index is 2.48. The third-order valence-electron chi connectivity index (χ3n) is 1.98. The number of fused-ring (bicyclic) bond motifs is 1. The lowest BCUT2D eigenvalue weighted by Gasteiger charge is -2.05. The molecule has 1 amide bonds. The first-order valence-electron chi connectivity index (χ1n) is 4.01. The summed E-state index contributed by atoms with van der Waals surface area (Å²) < 4.78 is 0. The normalized spacial score (nSPS) is 15.5. The van der Waals surface area contributed by atoms with Crippen LogP contribution in [0.3, 0.4) is 0 Å². The standard InChI is InChI=1S/C8H8N2O2S/c9-7(12)8-10-6-4(11)2-1-3-5(6)13-8/h1-3H2,(H2,9,12). The summed E-state index contributed by atoms with van der Waals surface area (Å²) in [5.74, 6) is -0.516. The fraction of sp³-hybridized carbons (Fsp3) is 0.375. The number of ketones is 1. The molecule has 0 spiro atoms. The first-order valence-corrected chi connectivity index (χ1v) is 4.83.